The fourth-order valence-electron chi connectivity index (χ4n) is 0.286. The van der Waals surface area contributed by atoms with Gasteiger partial charge in [-0.15, -0.1) is 11.6 Å². The van der Waals surface area contributed by atoms with Crippen LogP contribution in [0.2, 0.25) is 0 Å². The van der Waals surface area contributed by atoms with Gasteiger partial charge in [0.1, 0.15) is 5.56 Å². The van der Waals surface area contributed by atoms with Gasteiger partial charge in [-0.05, 0) is 0 Å². The maximum Gasteiger partial charge on any atom is 0.129 e. The molecule has 2 atom stereocenters. The van der Waals surface area contributed by atoms with Gasteiger partial charge in [-0.3, -0.25) is 0 Å². The van der Waals surface area contributed by atoms with E-state index in [9.17, 15) is 0 Å². The van der Waals surface area contributed by atoms with Gasteiger partial charge in [0.2, 0.25) is 0 Å². The van der Waals surface area contributed by atoms with Gasteiger partial charge in [0.25, 0.3) is 0 Å². The molecule has 50 valence electrons. The molecule has 0 spiro atoms. The quantitative estimate of drug-likeness (QED) is 0.589. The van der Waals surface area contributed by atoms with Crippen molar-refractivity contribution in [2.24, 2.45) is 0 Å². The van der Waals surface area contributed by atoms with Gasteiger partial charge in [-0.2, -0.15) is 0 Å². The largest absolute Gasteiger partial charge is 0.395 e. The monoisotopic (exact) mass is 158 g/mol. The van der Waals surface area contributed by atoms with Crippen LogP contribution in [0.1, 0.15) is 6.42 Å². The van der Waals surface area contributed by atoms with Crippen molar-refractivity contribution in [2.75, 3.05) is 6.61 Å². The number of aliphatic hydroxyl groups excluding tert-OH is 2. The smallest absolute Gasteiger partial charge is 0.129 e. The lowest BCUT2D eigenvalue weighted by Crippen LogP contribution is -2.11. The van der Waals surface area contributed by atoms with E-state index in [1.807, 2.05) is 0 Å². The third-order valence-electron chi connectivity index (χ3n) is 0.648. The van der Waals surface area contributed by atoms with E-state index in [2.05, 4.69) is 0 Å². The first kappa shape index (κ1) is 8.50. The highest BCUT2D eigenvalue weighted by molar-refractivity contribution is 6.23. The van der Waals surface area contributed by atoms with Gasteiger partial charge in [0.15, 0.2) is 0 Å². The van der Waals surface area contributed by atoms with Crippen LogP contribution in [0.3, 0.4) is 0 Å². The zero-order valence-corrected chi connectivity index (χ0v) is 5.73. The van der Waals surface area contributed by atoms with Crippen LogP contribution in [0.25, 0.3) is 0 Å². The van der Waals surface area contributed by atoms with Crippen molar-refractivity contribution >= 4 is 23.2 Å². The second kappa shape index (κ2) is 4.39. The molecular weight excluding hydrogens is 151 g/mol. The number of hydrogen-bond acceptors (Lipinski definition) is 2. The van der Waals surface area contributed by atoms with Crippen LogP contribution in [0.5, 0.6) is 0 Å². The highest BCUT2D eigenvalue weighted by Crippen LogP contribution is 2.06. The van der Waals surface area contributed by atoms with Crippen molar-refractivity contribution in [1.29, 1.82) is 0 Å². The zero-order chi connectivity index (χ0) is 6.57. The lowest BCUT2D eigenvalue weighted by Gasteiger charge is -2.04. The Morgan fingerprint density at radius 3 is 2.00 bits per heavy atom. The van der Waals surface area contributed by atoms with Gasteiger partial charge in [-0.1, -0.05) is 11.6 Å². The van der Waals surface area contributed by atoms with Crippen LogP contribution in [0.15, 0.2) is 0 Å². The third kappa shape index (κ3) is 4.65. The molecule has 0 aliphatic heterocycles. The molecule has 2 N–H and O–H groups in total. The van der Waals surface area contributed by atoms with E-state index in [-0.39, 0.29) is 13.0 Å². The molecule has 0 fully saturated rings. The molecule has 0 rings (SSSR count). The van der Waals surface area contributed by atoms with Gasteiger partial charge in [0, 0.05) is 6.42 Å². The molecule has 0 heterocycles. The Balaban J connectivity index is 3.10. The molecule has 0 aliphatic carbocycles. The average Bonchev–Trinajstić information content (AvgIpc) is 1.65. The summed E-state index contributed by atoms with van der Waals surface area (Å²) < 4.78 is 0. The predicted molar refractivity (Wildman–Crippen MR) is 33.2 cm³/mol. The summed E-state index contributed by atoms with van der Waals surface area (Å²) in [5, 5.41) is 16.3. The minimum atomic E-state index is -0.940. The molecule has 0 aromatic rings. The van der Waals surface area contributed by atoms with Gasteiger partial charge >= 0.3 is 0 Å². The Labute approximate surface area is 58.0 Å². The molecule has 8 heavy (non-hydrogen) atoms. The standard InChI is InChI=1S/C4H8Cl2O2/c5-3(2-7)1-4(6)8/h3-4,7-8H,1-2H2. The van der Waals surface area contributed by atoms with E-state index in [4.69, 9.17) is 33.4 Å². The first-order chi connectivity index (χ1) is 3.66. The number of halogens is 2. The highest BCUT2D eigenvalue weighted by Gasteiger charge is 2.06. The summed E-state index contributed by atoms with van der Waals surface area (Å²) in [6.07, 6.45) is 0.222. The van der Waals surface area contributed by atoms with Crippen molar-refractivity contribution in [3.63, 3.8) is 0 Å². The molecule has 0 amide bonds. The van der Waals surface area contributed by atoms with Crippen molar-refractivity contribution in [3.05, 3.63) is 0 Å². The van der Waals surface area contributed by atoms with Crippen LogP contribution in [-0.4, -0.2) is 27.8 Å². The summed E-state index contributed by atoms with van der Waals surface area (Å²) in [5.74, 6) is 0. The zero-order valence-electron chi connectivity index (χ0n) is 4.22. The summed E-state index contributed by atoms with van der Waals surface area (Å²) in [4.78, 5) is 0. The van der Waals surface area contributed by atoms with Gasteiger partial charge in [0.05, 0.1) is 12.0 Å². The molecule has 0 aliphatic rings. The molecule has 0 aromatic heterocycles. The maximum absolute atomic E-state index is 8.42. The van der Waals surface area contributed by atoms with Crippen LogP contribution in [-0.2, 0) is 0 Å². The average molecular weight is 159 g/mol. The Kier molecular flexibility index (Phi) is 4.66. The topological polar surface area (TPSA) is 40.5 Å². The Hall–Kier alpha value is 0.500. The van der Waals surface area contributed by atoms with E-state index in [1.165, 1.54) is 0 Å². The van der Waals surface area contributed by atoms with Crippen LogP contribution in [0, 0.1) is 0 Å². The second-order valence-corrected chi connectivity index (χ2v) is 2.57. The maximum atomic E-state index is 8.42. The van der Waals surface area contributed by atoms with Crippen LogP contribution in [0.4, 0.5) is 0 Å². The second-order valence-electron chi connectivity index (χ2n) is 1.45. The van der Waals surface area contributed by atoms with E-state index >= 15 is 0 Å². The summed E-state index contributed by atoms with van der Waals surface area (Å²) in [6, 6.07) is 0. The third-order valence-corrected chi connectivity index (χ3v) is 1.14. The summed E-state index contributed by atoms with van der Waals surface area (Å²) >= 11 is 10.5. The number of aliphatic hydroxyl groups is 2. The van der Waals surface area contributed by atoms with Crippen molar-refractivity contribution in [3.8, 4) is 0 Å². The molecule has 0 saturated heterocycles. The Morgan fingerprint density at radius 2 is 1.88 bits per heavy atom. The summed E-state index contributed by atoms with van der Waals surface area (Å²) in [5.41, 5.74) is -0.940. The van der Waals surface area contributed by atoms with Crippen LogP contribution >= 0.6 is 23.2 Å². The molecule has 0 saturated carbocycles. The number of alkyl halides is 2. The molecule has 0 bridgehead atoms. The lowest BCUT2D eigenvalue weighted by atomic mass is 10.3. The number of hydrogen-bond donors (Lipinski definition) is 2. The van der Waals surface area contributed by atoms with E-state index in [0.717, 1.165) is 0 Å². The molecule has 0 radical (unpaired) electrons. The normalized spacial score (nSPS) is 18.0. The van der Waals surface area contributed by atoms with Gasteiger partial charge in [-0.25, -0.2) is 0 Å². The van der Waals surface area contributed by atoms with E-state index in [0.29, 0.717) is 0 Å². The summed E-state index contributed by atoms with van der Waals surface area (Å²) in [7, 11) is 0. The Morgan fingerprint density at radius 1 is 1.38 bits per heavy atom. The predicted octanol–water partition coefficient (Wildman–Crippen LogP) is 0.533. The minimum Gasteiger partial charge on any atom is -0.395 e. The SMILES string of the molecule is OCC(Cl)CC(O)Cl. The van der Waals surface area contributed by atoms with Crippen molar-refractivity contribution in [2.45, 2.75) is 17.4 Å². The molecule has 2 unspecified atom stereocenters. The van der Waals surface area contributed by atoms with E-state index < -0.39 is 10.9 Å². The van der Waals surface area contributed by atoms with Crippen molar-refractivity contribution in [1.82, 2.24) is 0 Å². The minimum absolute atomic E-state index is 0.147. The molecule has 0 aromatic carbocycles. The van der Waals surface area contributed by atoms with Crippen LogP contribution < -0.4 is 0 Å². The molecular formula is C4H8Cl2O2. The fourth-order valence-corrected chi connectivity index (χ4v) is 0.761. The highest BCUT2D eigenvalue weighted by atomic mass is 35.5. The van der Waals surface area contributed by atoms with Crippen molar-refractivity contribution < 1.29 is 10.2 Å². The molecule has 2 nitrogen and oxygen atoms in total. The fraction of sp³-hybridized carbons (Fsp3) is 1.00. The first-order valence-corrected chi connectivity index (χ1v) is 3.11. The van der Waals surface area contributed by atoms with Gasteiger partial charge < -0.3 is 10.2 Å². The first-order valence-electron chi connectivity index (χ1n) is 2.24. The lowest BCUT2D eigenvalue weighted by molar-refractivity contribution is 0.218. The molecule has 4 heteroatoms. The number of rotatable bonds is 3. The summed E-state index contributed by atoms with van der Waals surface area (Å²) in [6.45, 7) is -0.147. The van der Waals surface area contributed by atoms with E-state index in [1.54, 1.807) is 0 Å². The Bertz CT molecular complexity index is 58.0.